The Morgan fingerprint density at radius 3 is 2.90 bits per heavy atom. The summed E-state index contributed by atoms with van der Waals surface area (Å²) in [6.07, 6.45) is -0.548. The van der Waals surface area contributed by atoms with E-state index in [0.29, 0.717) is 17.1 Å². The maximum absolute atomic E-state index is 12.4. The van der Waals surface area contributed by atoms with Crippen LogP contribution < -0.4 is 4.74 Å². The van der Waals surface area contributed by atoms with Crippen LogP contribution in [-0.4, -0.2) is 31.8 Å². The smallest absolute Gasteiger partial charge is 0.408 e. The number of rotatable bonds is 2. The summed E-state index contributed by atoms with van der Waals surface area (Å²) in [5.74, 6) is 0.687. The Balaban J connectivity index is 1.91. The van der Waals surface area contributed by atoms with E-state index >= 15 is 0 Å². The molecule has 0 fully saturated rings. The van der Waals surface area contributed by atoms with Crippen molar-refractivity contribution in [1.29, 1.82) is 0 Å². The van der Waals surface area contributed by atoms with Crippen LogP contribution in [0.1, 0.15) is 18.9 Å². The molecule has 8 heteroatoms. The third-order valence-corrected chi connectivity index (χ3v) is 3.44. The predicted molar refractivity (Wildman–Crippen MR) is 68.9 cm³/mol. The number of aromatic nitrogens is 4. The van der Waals surface area contributed by atoms with Crippen molar-refractivity contribution in [2.75, 3.05) is 0 Å². The van der Waals surface area contributed by atoms with Crippen LogP contribution in [0, 0.1) is 6.92 Å². The van der Waals surface area contributed by atoms with Crippen molar-refractivity contribution < 1.29 is 17.9 Å². The molecule has 0 saturated carbocycles. The molecule has 0 spiro atoms. The van der Waals surface area contributed by atoms with E-state index < -0.39 is 12.7 Å². The first-order valence-electron chi connectivity index (χ1n) is 6.67. The minimum Gasteiger partial charge on any atom is -0.475 e. The van der Waals surface area contributed by atoms with Crippen LogP contribution in [0.5, 0.6) is 5.88 Å². The van der Waals surface area contributed by atoms with Gasteiger partial charge in [0.2, 0.25) is 5.88 Å². The second kappa shape index (κ2) is 4.78. The third-order valence-electron chi connectivity index (χ3n) is 3.44. The van der Waals surface area contributed by atoms with Crippen LogP contribution in [0.2, 0.25) is 0 Å². The number of fused-ring (bicyclic) bond motifs is 1. The zero-order chi connectivity index (χ0) is 15.2. The lowest BCUT2D eigenvalue weighted by molar-refractivity contribution is -0.142. The standard InChI is InChI=1S/C13H15F3N4O/c1-8-3-4-20-12(21-8)9(2)11(18-20)10-5-17-19(6-10)7-13(14,15)16/h5-6,8H,3-4,7H2,1-2H3/t8-/m1/s1. The monoisotopic (exact) mass is 300 g/mol. The topological polar surface area (TPSA) is 44.9 Å². The van der Waals surface area contributed by atoms with Gasteiger partial charge in [0.25, 0.3) is 0 Å². The van der Waals surface area contributed by atoms with Crippen LogP contribution >= 0.6 is 0 Å². The molecule has 0 radical (unpaired) electrons. The summed E-state index contributed by atoms with van der Waals surface area (Å²) in [7, 11) is 0. The van der Waals surface area contributed by atoms with Gasteiger partial charge in [-0.3, -0.25) is 4.68 Å². The van der Waals surface area contributed by atoms with Gasteiger partial charge >= 0.3 is 6.18 Å². The number of halogens is 3. The molecule has 0 bridgehead atoms. The summed E-state index contributed by atoms with van der Waals surface area (Å²) >= 11 is 0. The Morgan fingerprint density at radius 2 is 2.19 bits per heavy atom. The van der Waals surface area contributed by atoms with Crippen molar-refractivity contribution in [3.8, 4) is 17.1 Å². The second-order valence-corrected chi connectivity index (χ2v) is 5.26. The van der Waals surface area contributed by atoms with Gasteiger partial charge < -0.3 is 4.74 Å². The summed E-state index contributed by atoms with van der Waals surface area (Å²) in [5, 5.41) is 8.17. The molecule has 0 unspecified atom stereocenters. The summed E-state index contributed by atoms with van der Waals surface area (Å²) < 4.78 is 45.5. The van der Waals surface area contributed by atoms with Crippen molar-refractivity contribution in [1.82, 2.24) is 19.6 Å². The normalized spacial score (nSPS) is 18.4. The molecule has 5 nitrogen and oxygen atoms in total. The molecular formula is C13H15F3N4O. The van der Waals surface area contributed by atoms with Gasteiger partial charge in [-0.2, -0.15) is 23.4 Å². The van der Waals surface area contributed by atoms with E-state index in [0.717, 1.165) is 23.2 Å². The highest BCUT2D eigenvalue weighted by Gasteiger charge is 2.29. The molecule has 0 aromatic carbocycles. The lowest BCUT2D eigenvalue weighted by atomic mass is 10.1. The highest BCUT2D eigenvalue weighted by atomic mass is 19.4. The quantitative estimate of drug-likeness (QED) is 0.856. The van der Waals surface area contributed by atoms with E-state index in [1.165, 1.54) is 12.4 Å². The molecular weight excluding hydrogens is 285 g/mol. The van der Waals surface area contributed by atoms with Gasteiger partial charge in [-0.05, 0) is 13.8 Å². The van der Waals surface area contributed by atoms with Crippen LogP contribution in [-0.2, 0) is 13.1 Å². The Hall–Kier alpha value is -1.99. The van der Waals surface area contributed by atoms with Crippen LogP contribution in [0.25, 0.3) is 11.3 Å². The molecule has 3 rings (SSSR count). The molecule has 1 aliphatic rings. The number of aryl methyl sites for hydroxylation is 1. The first-order valence-corrected chi connectivity index (χ1v) is 6.67. The van der Waals surface area contributed by atoms with E-state index in [1.54, 1.807) is 4.68 Å². The minimum absolute atomic E-state index is 0.119. The lowest BCUT2D eigenvalue weighted by Crippen LogP contribution is -2.23. The van der Waals surface area contributed by atoms with Crippen molar-refractivity contribution in [2.45, 2.75) is 45.6 Å². The van der Waals surface area contributed by atoms with Gasteiger partial charge in [-0.15, -0.1) is 0 Å². The van der Waals surface area contributed by atoms with Crippen molar-refractivity contribution in [2.24, 2.45) is 0 Å². The van der Waals surface area contributed by atoms with E-state index in [4.69, 9.17) is 4.74 Å². The number of hydrogen-bond acceptors (Lipinski definition) is 3. The largest absolute Gasteiger partial charge is 0.475 e. The predicted octanol–water partition coefficient (Wildman–Crippen LogP) is 2.79. The first-order chi connectivity index (χ1) is 9.83. The molecule has 21 heavy (non-hydrogen) atoms. The van der Waals surface area contributed by atoms with E-state index in [2.05, 4.69) is 10.2 Å². The SMILES string of the molecule is Cc1c(-c2cnn(CC(F)(F)F)c2)nn2c1O[C@H](C)CC2. The number of hydrogen-bond donors (Lipinski definition) is 0. The van der Waals surface area contributed by atoms with Gasteiger partial charge in [0.05, 0.1) is 12.3 Å². The molecule has 2 aromatic heterocycles. The lowest BCUT2D eigenvalue weighted by Gasteiger charge is -2.21. The van der Waals surface area contributed by atoms with Gasteiger partial charge in [-0.25, -0.2) is 4.68 Å². The zero-order valence-electron chi connectivity index (χ0n) is 11.7. The molecule has 0 N–H and O–H groups in total. The fourth-order valence-corrected chi connectivity index (χ4v) is 2.42. The Labute approximate surface area is 119 Å². The second-order valence-electron chi connectivity index (χ2n) is 5.26. The summed E-state index contributed by atoms with van der Waals surface area (Å²) in [6, 6.07) is 0. The zero-order valence-corrected chi connectivity index (χ0v) is 11.7. The maximum atomic E-state index is 12.4. The van der Waals surface area contributed by atoms with Gasteiger partial charge in [0, 0.05) is 30.3 Å². The molecule has 2 aromatic rings. The van der Waals surface area contributed by atoms with Crippen molar-refractivity contribution >= 4 is 0 Å². The molecule has 0 aliphatic carbocycles. The van der Waals surface area contributed by atoms with E-state index in [9.17, 15) is 13.2 Å². The maximum Gasteiger partial charge on any atom is 0.408 e. The Kier molecular flexibility index (Phi) is 3.18. The molecule has 3 heterocycles. The van der Waals surface area contributed by atoms with Crippen LogP contribution in [0.4, 0.5) is 13.2 Å². The van der Waals surface area contributed by atoms with Gasteiger partial charge in [0.15, 0.2) is 0 Å². The molecule has 114 valence electrons. The van der Waals surface area contributed by atoms with E-state index in [-0.39, 0.29) is 6.10 Å². The molecule has 1 aliphatic heterocycles. The molecule has 0 amide bonds. The molecule has 0 saturated heterocycles. The van der Waals surface area contributed by atoms with Crippen LogP contribution in [0.3, 0.4) is 0 Å². The van der Waals surface area contributed by atoms with E-state index in [1.807, 2.05) is 13.8 Å². The minimum atomic E-state index is -4.29. The third kappa shape index (κ3) is 2.74. The van der Waals surface area contributed by atoms with Gasteiger partial charge in [-0.1, -0.05) is 0 Å². The highest BCUT2D eigenvalue weighted by molar-refractivity contribution is 5.63. The summed E-state index contributed by atoms with van der Waals surface area (Å²) in [6.45, 7) is 3.48. The number of nitrogens with zero attached hydrogens (tertiary/aromatic N) is 4. The highest BCUT2D eigenvalue weighted by Crippen LogP contribution is 2.33. The van der Waals surface area contributed by atoms with Crippen LogP contribution in [0.15, 0.2) is 12.4 Å². The average molecular weight is 300 g/mol. The van der Waals surface area contributed by atoms with Gasteiger partial charge in [0.1, 0.15) is 12.2 Å². The Bertz CT molecular complexity index is 659. The number of alkyl halides is 3. The average Bonchev–Trinajstić information content (AvgIpc) is 2.93. The Morgan fingerprint density at radius 1 is 1.43 bits per heavy atom. The van der Waals surface area contributed by atoms with Crippen molar-refractivity contribution in [3.63, 3.8) is 0 Å². The number of ether oxygens (including phenoxy) is 1. The first kappa shape index (κ1) is 14.0. The summed E-state index contributed by atoms with van der Waals surface area (Å²) in [4.78, 5) is 0. The van der Waals surface area contributed by atoms with Crippen molar-refractivity contribution in [3.05, 3.63) is 18.0 Å². The molecule has 1 atom stereocenters. The summed E-state index contributed by atoms with van der Waals surface area (Å²) in [5.41, 5.74) is 2.01. The fourth-order valence-electron chi connectivity index (χ4n) is 2.42. The fraction of sp³-hybridized carbons (Fsp3) is 0.538.